The van der Waals surface area contributed by atoms with Crippen molar-refractivity contribution in [1.82, 2.24) is 14.1 Å². The third kappa shape index (κ3) is 4.96. The Morgan fingerprint density at radius 3 is 2.40 bits per heavy atom. The molecule has 3 aliphatic heterocycles. The number of piperidine rings is 1. The van der Waals surface area contributed by atoms with Crippen LogP contribution in [0.5, 0.6) is 17.2 Å². The van der Waals surface area contributed by atoms with Crippen molar-refractivity contribution in [3.05, 3.63) is 47.5 Å². The van der Waals surface area contributed by atoms with Gasteiger partial charge in [0.1, 0.15) is 5.75 Å². The van der Waals surface area contributed by atoms with E-state index in [1.54, 1.807) is 11.0 Å². The zero-order valence-electron chi connectivity index (χ0n) is 19.9. The molecule has 0 aromatic heterocycles. The van der Waals surface area contributed by atoms with E-state index in [4.69, 9.17) is 14.2 Å². The number of benzene rings is 2. The molecule has 9 nitrogen and oxygen atoms in total. The summed E-state index contributed by atoms with van der Waals surface area (Å²) >= 11 is 0. The smallest absolute Gasteiger partial charge is 0.257 e. The summed E-state index contributed by atoms with van der Waals surface area (Å²) in [6.07, 6.45) is 2.76. The van der Waals surface area contributed by atoms with E-state index < -0.39 is 10.0 Å². The third-order valence-electron chi connectivity index (χ3n) is 6.86. The van der Waals surface area contributed by atoms with E-state index in [0.717, 1.165) is 42.9 Å². The van der Waals surface area contributed by atoms with Crippen LogP contribution in [0.15, 0.2) is 41.3 Å². The number of hydrogen-bond donors (Lipinski definition) is 0. The highest BCUT2D eigenvalue weighted by molar-refractivity contribution is 7.89. The molecule has 2 saturated heterocycles. The molecule has 0 spiro atoms. The van der Waals surface area contributed by atoms with Gasteiger partial charge in [-0.2, -0.15) is 4.31 Å². The lowest BCUT2D eigenvalue weighted by Gasteiger charge is -2.35. The molecule has 3 heterocycles. The second-order valence-electron chi connectivity index (χ2n) is 9.08. The number of hydrogen-bond acceptors (Lipinski definition) is 7. The lowest BCUT2D eigenvalue weighted by molar-refractivity contribution is 0.0625. The number of rotatable bonds is 6. The normalized spacial score (nSPS) is 19.1. The van der Waals surface area contributed by atoms with E-state index in [2.05, 4.69) is 4.90 Å². The Labute approximate surface area is 206 Å². The van der Waals surface area contributed by atoms with Crippen LogP contribution >= 0.6 is 0 Å². The van der Waals surface area contributed by atoms with E-state index >= 15 is 0 Å². The molecular weight excluding hydrogens is 470 g/mol. The highest BCUT2D eigenvalue weighted by atomic mass is 32.2. The summed E-state index contributed by atoms with van der Waals surface area (Å²) < 4.78 is 44.1. The van der Waals surface area contributed by atoms with Crippen LogP contribution in [0.2, 0.25) is 0 Å². The Hall–Kier alpha value is -2.82. The van der Waals surface area contributed by atoms with Crippen LogP contribution in [0.4, 0.5) is 0 Å². The first kappa shape index (κ1) is 23.9. The molecule has 10 heteroatoms. The molecule has 0 bridgehead atoms. The summed E-state index contributed by atoms with van der Waals surface area (Å²) in [4.78, 5) is 17.6. The van der Waals surface area contributed by atoms with Crippen molar-refractivity contribution >= 4 is 15.9 Å². The topological polar surface area (TPSA) is 88.6 Å². The second-order valence-corrected chi connectivity index (χ2v) is 11.0. The maximum atomic E-state index is 13.4. The van der Waals surface area contributed by atoms with Crippen LogP contribution in [-0.2, 0) is 16.6 Å². The number of amides is 1. The number of sulfonamides is 1. The SMILES string of the molecule is COc1ccc(S(=O)(=O)N2CCCCC2)cc1C(=O)N1CCN(Cc2ccc3c(c2)OCO3)CC1. The van der Waals surface area contributed by atoms with Crippen LogP contribution in [-0.4, -0.2) is 81.6 Å². The fourth-order valence-corrected chi connectivity index (χ4v) is 6.39. The maximum absolute atomic E-state index is 13.4. The van der Waals surface area contributed by atoms with Gasteiger partial charge < -0.3 is 19.1 Å². The predicted octanol–water partition coefficient (Wildman–Crippen LogP) is 2.56. The molecule has 0 aliphatic carbocycles. The second kappa shape index (κ2) is 10.0. The first-order valence-electron chi connectivity index (χ1n) is 12.0. The van der Waals surface area contributed by atoms with E-state index in [1.165, 1.54) is 23.5 Å². The largest absolute Gasteiger partial charge is 0.496 e. The number of carbonyl (C=O) groups excluding carboxylic acids is 1. The van der Waals surface area contributed by atoms with Crippen LogP contribution in [0.3, 0.4) is 0 Å². The van der Waals surface area contributed by atoms with Gasteiger partial charge in [-0.25, -0.2) is 8.42 Å². The molecule has 35 heavy (non-hydrogen) atoms. The molecule has 188 valence electrons. The van der Waals surface area contributed by atoms with Gasteiger partial charge in [0, 0.05) is 45.8 Å². The first-order chi connectivity index (χ1) is 17.0. The van der Waals surface area contributed by atoms with Gasteiger partial charge in [-0.05, 0) is 48.7 Å². The van der Waals surface area contributed by atoms with Crippen molar-refractivity contribution < 1.29 is 27.4 Å². The van der Waals surface area contributed by atoms with Gasteiger partial charge >= 0.3 is 0 Å². The van der Waals surface area contributed by atoms with E-state index in [9.17, 15) is 13.2 Å². The van der Waals surface area contributed by atoms with Gasteiger partial charge in [-0.3, -0.25) is 9.69 Å². The van der Waals surface area contributed by atoms with Crippen molar-refractivity contribution in [3.63, 3.8) is 0 Å². The molecule has 1 amide bonds. The van der Waals surface area contributed by atoms with Gasteiger partial charge in [0.25, 0.3) is 5.91 Å². The molecule has 2 aromatic rings. The fraction of sp³-hybridized carbons (Fsp3) is 0.480. The van der Waals surface area contributed by atoms with Crippen molar-refractivity contribution in [2.45, 2.75) is 30.7 Å². The van der Waals surface area contributed by atoms with Gasteiger partial charge in [0.2, 0.25) is 16.8 Å². The van der Waals surface area contributed by atoms with E-state index in [-0.39, 0.29) is 23.2 Å². The van der Waals surface area contributed by atoms with E-state index in [0.29, 0.717) is 45.0 Å². The number of carbonyl (C=O) groups is 1. The summed E-state index contributed by atoms with van der Waals surface area (Å²) in [6.45, 7) is 4.58. The number of ether oxygens (including phenoxy) is 3. The monoisotopic (exact) mass is 501 g/mol. The van der Waals surface area contributed by atoms with E-state index in [1.807, 2.05) is 18.2 Å². The van der Waals surface area contributed by atoms with Crippen LogP contribution in [0.25, 0.3) is 0 Å². The summed E-state index contributed by atoms with van der Waals surface area (Å²) in [5.74, 6) is 1.71. The molecular formula is C25H31N3O6S. The lowest BCUT2D eigenvalue weighted by atomic mass is 10.1. The number of methoxy groups -OCH3 is 1. The van der Waals surface area contributed by atoms with Gasteiger partial charge in [0.05, 0.1) is 17.6 Å². The summed E-state index contributed by atoms with van der Waals surface area (Å²) in [5.41, 5.74) is 1.42. The number of nitrogens with zero attached hydrogens (tertiary/aromatic N) is 3. The number of fused-ring (bicyclic) bond motifs is 1. The van der Waals surface area contributed by atoms with Crippen molar-refractivity contribution in [1.29, 1.82) is 0 Å². The molecule has 0 saturated carbocycles. The molecule has 5 rings (SSSR count). The average Bonchev–Trinajstić information content (AvgIpc) is 3.37. The van der Waals surface area contributed by atoms with Crippen LogP contribution in [0.1, 0.15) is 35.2 Å². The Morgan fingerprint density at radius 2 is 1.66 bits per heavy atom. The van der Waals surface area contributed by atoms with Crippen molar-refractivity contribution in [2.75, 3.05) is 53.2 Å². The average molecular weight is 502 g/mol. The molecule has 2 fully saturated rings. The fourth-order valence-electron chi connectivity index (χ4n) is 4.85. The summed E-state index contributed by atoms with van der Waals surface area (Å²) in [5, 5.41) is 0. The molecule has 0 N–H and O–H groups in total. The minimum Gasteiger partial charge on any atom is -0.496 e. The lowest BCUT2D eigenvalue weighted by Crippen LogP contribution is -2.48. The Kier molecular flexibility index (Phi) is 6.86. The minimum atomic E-state index is -3.64. The summed E-state index contributed by atoms with van der Waals surface area (Å²) in [6, 6.07) is 10.5. The molecule has 0 radical (unpaired) electrons. The zero-order valence-corrected chi connectivity index (χ0v) is 20.8. The van der Waals surface area contributed by atoms with Gasteiger partial charge in [-0.15, -0.1) is 0 Å². The Bertz CT molecular complexity index is 1190. The van der Waals surface area contributed by atoms with Crippen LogP contribution < -0.4 is 14.2 Å². The van der Waals surface area contributed by atoms with Crippen LogP contribution in [0, 0.1) is 0 Å². The molecule has 3 aliphatic rings. The standard InChI is InChI=1S/C25H31N3O6S/c1-32-22-8-6-20(35(30,31)28-9-3-2-4-10-28)16-21(22)25(29)27-13-11-26(12-14-27)17-19-5-7-23-24(15-19)34-18-33-23/h5-8,15-16H,2-4,9-14,17-18H2,1H3. The molecule has 0 unspecified atom stereocenters. The van der Waals surface area contributed by atoms with Crippen molar-refractivity contribution in [3.8, 4) is 17.2 Å². The summed E-state index contributed by atoms with van der Waals surface area (Å²) in [7, 11) is -2.15. The maximum Gasteiger partial charge on any atom is 0.257 e. The van der Waals surface area contributed by atoms with Crippen molar-refractivity contribution in [2.24, 2.45) is 0 Å². The Balaban J connectivity index is 1.26. The highest BCUT2D eigenvalue weighted by Gasteiger charge is 2.30. The highest BCUT2D eigenvalue weighted by Crippen LogP contribution is 2.33. The number of piperazine rings is 1. The minimum absolute atomic E-state index is 0.144. The predicted molar refractivity (Wildman–Crippen MR) is 129 cm³/mol. The van der Waals surface area contributed by atoms with Gasteiger partial charge in [-0.1, -0.05) is 12.5 Å². The first-order valence-corrected chi connectivity index (χ1v) is 13.5. The molecule has 2 aromatic carbocycles. The van der Waals surface area contributed by atoms with Gasteiger partial charge in [0.15, 0.2) is 11.5 Å². The zero-order chi connectivity index (χ0) is 24.4. The molecule has 0 atom stereocenters. The third-order valence-corrected chi connectivity index (χ3v) is 8.75. The Morgan fingerprint density at radius 1 is 0.914 bits per heavy atom. The quantitative estimate of drug-likeness (QED) is 0.601.